The predicted molar refractivity (Wildman–Crippen MR) is 250 cm³/mol. The second-order valence-electron chi connectivity index (χ2n) is 15.1. The van der Waals surface area contributed by atoms with Gasteiger partial charge in [-0.15, -0.1) is 11.3 Å². The first kappa shape index (κ1) is 33.6. The molecule has 0 bridgehead atoms. The van der Waals surface area contributed by atoms with E-state index in [0.29, 0.717) is 17.5 Å². The van der Waals surface area contributed by atoms with Crippen LogP contribution in [0, 0.1) is 0 Å². The van der Waals surface area contributed by atoms with E-state index >= 15 is 0 Å². The number of thiophene rings is 1. The number of aromatic nitrogens is 3. The van der Waals surface area contributed by atoms with Gasteiger partial charge in [0.25, 0.3) is 0 Å². The highest BCUT2D eigenvalue weighted by Crippen LogP contribution is 2.44. The molecule has 12 rings (SSSR count). The minimum Gasteiger partial charge on any atom is -0.208 e. The van der Waals surface area contributed by atoms with Crippen molar-refractivity contribution in [2.24, 2.45) is 0 Å². The summed E-state index contributed by atoms with van der Waals surface area (Å²) >= 11 is 1.85. The van der Waals surface area contributed by atoms with Crippen molar-refractivity contribution in [1.29, 1.82) is 0 Å². The average molecular weight is 768 g/mol. The average Bonchev–Trinajstić information content (AvgIpc) is 3.70. The fraction of sp³-hybridized carbons (Fsp3) is 0. The molecule has 2 aromatic heterocycles. The fourth-order valence-electron chi connectivity index (χ4n) is 8.96. The largest absolute Gasteiger partial charge is 0.208 e. The number of nitrogens with zero attached hydrogens (tertiary/aromatic N) is 3. The minimum atomic E-state index is 0.636. The lowest BCUT2D eigenvalue weighted by Crippen LogP contribution is -2.00. The van der Waals surface area contributed by atoms with Crippen LogP contribution in [0.15, 0.2) is 200 Å². The standard InChI is InChI=1S/C55H33N3S/c1-2-14-35(15-3-1)53-56-54(36-30-28-34(29-31-36)39-25-13-26-47-44-22-10-11-27-50(44)59-52(39)47)58-55(57-53)38-17-12-16-37(32-38)48-33-49-42-20-5-4-18-40(42)41-19-6-8-23-45(41)51(49)46-24-9-7-21-43(46)48/h1-33H. The van der Waals surface area contributed by atoms with Crippen LogP contribution >= 0.6 is 11.3 Å². The van der Waals surface area contributed by atoms with Crippen molar-refractivity contribution in [1.82, 2.24) is 15.0 Å². The molecule has 0 fully saturated rings. The highest BCUT2D eigenvalue weighted by atomic mass is 32.1. The monoisotopic (exact) mass is 767 g/mol. The summed E-state index contributed by atoms with van der Waals surface area (Å²) in [5, 5.41) is 12.7. The molecule has 0 radical (unpaired) electrons. The van der Waals surface area contributed by atoms with Crippen molar-refractivity contribution in [2.75, 3.05) is 0 Å². The summed E-state index contributed by atoms with van der Waals surface area (Å²) in [7, 11) is 0. The van der Waals surface area contributed by atoms with Gasteiger partial charge in [0, 0.05) is 36.9 Å². The minimum absolute atomic E-state index is 0.636. The molecule has 3 nitrogen and oxygen atoms in total. The number of hydrogen-bond donors (Lipinski definition) is 0. The second kappa shape index (κ2) is 13.6. The summed E-state index contributed by atoms with van der Waals surface area (Å²) in [4.78, 5) is 15.4. The maximum atomic E-state index is 5.18. The van der Waals surface area contributed by atoms with Crippen LogP contribution < -0.4 is 0 Å². The quantitative estimate of drug-likeness (QED) is 0.164. The normalized spacial score (nSPS) is 11.7. The maximum Gasteiger partial charge on any atom is 0.164 e. The SMILES string of the molecule is c1ccc(-c2nc(-c3ccc(-c4cccc5c4sc4ccccc45)cc3)nc(-c3cccc(-c4cc5c6ccccc6c6ccccc6c5c5ccccc45)c3)n2)cc1. The lowest BCUT2D eigenvalue weighted by molar-refractivity contribution is 1.07. The Morgan fingerprint density at radius 1 is 0.271 bits per heavy atom. The molecular formula is C55H33N3S. The fourth-order valence-corrected chi connectivity index (χ4v) is 10.2. The number of hydrogen-bond acceptors (Lipinski definition) is 4. The van der Waals surface area contributed by atoms with Gasteiger partial charge in [-0.1, -0.05) is 182 Å². The van der Waals surface area contributed by atoms with Gasteiger partial charge in [0.1, 0.15) is 0 Å². The van der Waals surface area contributed by atoms with Crippen LogP contribution in [0.25, 0.3) is 120 Å². The molecule has 4 heteroatoms. The molecule has 0 amide bonds. The van der Waals surface area contributed by atoms with Crippen LogP contribution in [0.4, 0.5) is 0 Å². The van der Waals surface area contributed by atoms with Gasteiger partial charge in [0.05, 0.1) is 0 Å². The Kier molecular flexibility index (Phi) is 7.72. The lowest BCUT2D eigenvalue weighted by Gasteiger charge is -2.16. The van der Waals surface area contributed by atoms with Crippen molar-refractivity contribution in [3.63, 3.8) is 0 Å². The van der Waals surface area contributed by atoms with Crippen molar-refractivity contribution in [3.8, 4) is 56.4 Å². The highest BCUT2D eigenvalue weighted by Gasteiger charge is 2.18. The van der Waals surface area contributed by atoms with Gasteiger partial charge in [-0.3, -0.25) is 0 Å². The zero-order chi connectivity index (χ0) is 38.9. The van der Waals surface area contributed by atoms with Gasteiger partial charge >= 0.3 is 0 Å². The summed E-state index contributed by atoms with van der Waals surface area (Å²) in [6.07, 6.45) is 0. The molecule has 0 unspecified atom stereocenters. The molecule has 274 valence electrons. The Balaban J connectivity index is 1.01. The third kappa shape index (κ3) is 5.53. The molecule has 0 aliphatic rings. The smallest absolute Gasteiger partial charge is 0.164 e. The van der Waals surface area contributed by atoms with E-state index in [1.165, 1.54) is 80.0 Å². The predicted octanol–water partition coefficient (Wildman–Crippen LogP) is 15.2. The van der Waals surface area contributed by atoms with Gasteiger partial charge in [-0.2, -0.15) is 0 Å². The van der Waals surface area contributed by atoms with Crippen LogP contribution in [-0.4, -0.2) is 15.0 Å². The highest BCUT2D eigenvalue weighted by molar-refractivity contribution is 7.26. The molecule has 0 atom stereocenters. The molecule has 59 heavy (non-hydrogen) atoms. The van der Waals surface area contributed by atoms with Crippen molar-refractivity contribution in [2.45, 2.75) is 0 Å². The van der Waals surface area contributed by atoms with Crippen molar-refractivity contribution in [3.05, 3.63) is 200 Å². The summed E-state index contributed by atoms with van der Waals surface area (Å²) in [5.41, 5.74) is 7.51. The Morgan fingerprint density at radius 2 is 0.746 bits per heavy atom. The van der Waals surface area contributed by atoms with Crippen LogP contribution in [-0.2, 0) is 0 Å². The number of benzene rings is 10. The third-order valence-electron chi connectivity index (χ3n) is 11.7. The lowest BCUT2D eigenvalue weighted by atomic mass is 9.87. The summed E-state index contributed by atoms with van der Waals surface area (Å²) in [6, 6.07) is 71.6. The third-order valence-corrected chi connectivity index (χ3v) is 12.9. The van der Waals surface area contributed by atoms with E-state index in [2.05, 4.69) is 182 Å². The van der Waals surface area contributed by atoms with Gasteiger partial charge in [0.15, 0.2) is 17.5 Å². The molecule has 0 saturated heterocycles. The van der Waals surface area contributed by atoms with E-state index in [-0.39, 0.29) is 0 Å². The second-order valence-corrected chi connectivity index (χ2v) is 16.1. The van der Waals surface area contributed by atoms with E-state index in [1.807, 2.05) is 29.5 Å². The zero-order valence-electron chi connectivity index (χ0n) is 31.8. The molecule has 2 heterocycles. The molecular weight excluding hydrogens is 735 g/mol. The summed E-state index contributed by atoms with van der Waals surface area (Å²) in [6.45, 7) is 0. The molecule has 10 aromatic carbocycles. The Hall–Kier alpha value is -7.53. The van der Waals surface area contributed by atoms with Crippen LogP contribution in [0.1, 0.15) is 0 Å². The maximum absolute atomic E-state index is 5.18. The number of fused-ring (bicyclic) bond motifs is 11. The molecule has 0 saturated carbocycles. The van der Waals surface area contributed by atoms with Gasteiger partial charge in [0.2, 0.25) is 0 Å². The first-order valence-electron chi connectivity index (χ1n) is 19.9. The van der Waals surface area contributed by atoms with Gasteiger partial charge in [-0.05, 0) is 83.5 Å². The van der Waals surface area contributed by atoms with Crippen molar-refractivity contribution < 1.29 is 0 Å². The van der Waals surface area contributed by atoms with E-state index < -0.39 is 0 Å². The first-order valence-corrected chi connectivity index (χ1v) is 20.8. The van der Waals surface area contributed by atoms with Crippen LogP contribution in [0.5, 0.6) is 0 Å². The first-order chi connectivity index (χ1) is 29.2. The Labute approximate surface area is 344 Å². The summed E-state index contributed by atoms with van der Waals surface area (Å²) < 4.78 is 2.61. The van der Waals surface area contributed by atoms with E-state index in [4.69, 9.17) is 15.0 Å². The molecule has 0 spiro atoms. The molecule has 0 aliphatic carbocycles. The van der Waals surface area contributed by atoms with Crippen molar-refractivity contribution >= 4 is 74.6 Å². The summed E-state index contributed by atoms with van der Waals surface area (Å²) in [5.74, 6) is 1.92. The van der Waals surface area contributed by atoms with Gasteiger partial charge in [-0.25, -0.2) is 15.0 Å². The molecule has 0 aliphatic heterocycles. The zero-order valence-corrected chi connectivity index (χ0v) is 32.6. The van der Waals surface area contributed by atoms with E-state index in [1.54, 1.807) is 0 Å². The van der Waals surface area contributed by atoms with E-state index in [0.717, 1.165) is 22.3 Å². The van der Waals surface area contributed by atoms with Crippen LogP contribution in [0.2, 0.25) is 0 Å². The molecule has 12 aromatic rings. The van der Waals surface area contributed by atoms with Crippen LogP contribution in [0.3, 0.4) is 0 Å². The Bertz CT molecular complexity index is 3610. The topological polar surface area (TPSA) is 38.7 Å². The molecule has 0 N–H and O–H groups in total. The Morgan fingerprint density at radius 3 is 1.47 bits per heavy atom. The van der Waals surface area contributed by atoms with Gasteiger partial charge < -0.3 is 0 Å². The van der Waals surface area contributed by atoms with E-state index in [9.17, 15) is 0 Å². The number of rotatable bonds is 5.